The number of pyridine rings is 1. The Hall–Kier alpha value is -2.31. The molecule has 0 radical (unpaired) electrons. The number of hydrogen-bond acceptors (Lipinski definition) is 3. The zero-order chi connectivity index (χ0) is 17.0. The molecule has 0 saturated heterocycles. The molecule has 3 rings (SSSR count). The molecule has 24 heavy (non-hydrogen) atoms. The number of nitrogens with one attached hydrogen (secondary N) is 1. The minimum absolute atomic E-state index is 0.166. The van der Waals surface area contributed by atoms with Gasteiger partial charge in [0.25, 0.3) is 0 Å². The third-order valence-corrected chi connectivity index (χ3v) is 5.06. The van der Waals surface area contributed by atoms with Crippen LogP contribution in [0.25, 0.3) is 10.9 Å². The maximum atomic E-state index is 12.9. The van der Waals surface area contributed by atoms with Crippen molar-refractivity contribution in [1.82, 2.24) is 9.71 Å². The Morgan fingerprint density at radius 3 is 2.54 bits per heavy atom. The molecule has 0 atom stereocenters. The van der Waals surface area contributed by atoms with Gasteiger partial charge in [-0.25, -0.2) is 17.5 Å². The molecule has 3 aromatic rings. The van der Waals surface area contributed by atoms with Crippen LogP contribution in [0.5, 0.6) is 0 Å². The molecule has 0 aliphatic rings. The largest absolute Gasteiger partial charge is 0.256 e. The van der Waals surface area contributed by atoms with Crippen LogP contribution in [0.2, 0.25) is 0 Å². The molecule has 0 unspecified atom stereocenters. The van der Waals surface area contributed by atoms with Gasteiger partial charge in [-0.05, 0) is 35.7 Å². The first-order valence-corrected chi connectivity index (χ1v) is 9.23. The van der Waals surface area contributed by atoms with E-state index in [1.807, 2.05) is 30.3 Å². The summed E-state index contributed by atoms with van der Waals surface area (Å²) >= 11 is 0. The number of halogens is 1. The Kier molecular flexibility index (Phi) is 4.87. The molecule has 0 fully saturated rings. The van der Waals surface area contributed by atoms with Crippen LogP contribution in [0.3, 0.4) is 0 Å². The molecule has 0 amide bonds. The second kappa shape index (κ2) is 7.07. The maximum absolute atomic E-state index is 12.9. The minimum Gasteiger partial charge on any atom is -0.256 e. The standard InChI is InChI=1S/C18H17FN2O2S/c19-17-8-6-14(7-9-17)13-24(22,23)21-12-10-16-4-1-3-15-5-2-11-20-18(15)16/h1-9,11,21H,10,12-13H2. The Morgan fingerprint density at radius 1 is 1.00 bits per heavy atom. The number of sulfonamides is 1. The Labute approximate surface area is 140 Å². The van der Waals surface area contributed by atoms with Crippen molar-refractivity contribution in [3.05, 3.63) is 77.7 Å². The fourth-order valence-corrected chi connectivity index (χ4v) is 3.71. The molecule has 1 aromatic heterocycles. The molecule has 2 aromatic carbocycles. The van der Waals surface area contributed by atoms with E-state index in [1.165, 1.54) is 24.3 Å². The molecule has 0 spiro atoms. The van der Waals surface area contributed by atoms with Crippen LogP contribution in [0, 0.1) is 5.82 Å². The first kappa shape index (κ1) is 16.5. The van der Waals surface area contributed by atoms with Crippen LogP contribution >= 0.6 is 0 Å². The fraction of sp³-hybridized carbons (Fsp3) is 0.167. The monoisotopic (exact) mass is 344 g/mol. The number of fused-ring (bicyclic) bond motifs is 1. The SMILES string of the molecule is O=S(=O)(Cc1ccc(F)cc1)NCCc1cccc2cccnc12. The van der Waals surface area contributed by atoms with Crippen LogP contribution < -0.4 is 4.72 Å². The van der Waals surface area contributed by atoms with Crippen molar-refractivity contribution in [3.8, 4) is 0 Å². The summed E-state index contributed by atoms with van der Waals surface area (Å²) < 4.78 is 39.7. The molecule has 1 N–H and O–H groups in total. The van der Waals surface area contributed by atoms with Gasteiger partial charge in [0.05, 0.1) is 11.3 Å². The molecule has 0 aliphatic carbocycles. The van der Waals surface area contributed by atoms with Crippen molar-refractivity contribution >= 4 is 20.9 Å². The van der Waals surface area contributed by atoms with Crippen LogP contribution in [0.15, 0.2) is 60.8 Å². The summed E-state index contributed by atoms with van der Waals surface area (Å²) in [4.78, 5) is 4.36. The Bertz CT molecular complexity index is 935. The number of aromatic nitrogens is 1. The van der Waals surface area contributed by atoms with Gasteiger partial charge in [-0.3, -0.25) is 4.98 Å². The van der Waals surface area contributed by atoms with Crippen molar-refractivity contribution in [3.63, 3.8) is 0 Å². The molecule has 0 bridgehead atoms. The number of hydrogen-bond donors (Lipinski definition) is 1. The van der Waals surface area contributed by atoms with E-state index in [0.717, 1.165) is 16.5 Å². The van der Waals surface area contributed by atoms with Gasteiger partial charge in [0, 0.05) is 18.1 Å². The highest BCUT2D eigenvalue weighted by Crippen LogP contribution is 2.16. The molecule has 1 heterocycles. The zero-order valence-corrected chi connectivity index (χ0v) is 13.8. The van der Waals surface area contributed by atoms with E-state index < -0.39 is 10.0 Å². The second-order valence-corrected chi connectivity index (χ2v) is 7.33. The van der Waals surface area contributed by atoms with E-state index in [-0.39, 0.29) is 11.6 Å². The van der Waals surface area contributed by atoms with Gasteiger partial charge in [0.15, 0.2) is 0 Å². The van der Waals surface area contributed by atoms with E-state index >= 15 is 0 Å². The molecular weight excluding hydrogens is 327 g/mol. The van der Waals surface area contributed by atoms with Crippen LogP contribution in [-0.4, -0.2) is 19.9 Å². The third kappa shape index (κ3) is 4.15. The lowest BCUT2D eigenvalue weighted by atomic mass is 10.1. The topological polar surface area (TPSA) is 59.1 Å². The average Bonchev–Trinajstić information content (AvgIpc) is 2.57. The summed E-state index contributed by atoms with van der Waals surface area (Å²) in [7, 11) is -3.46. The van der Waals surface area contributed by atoms with Gasteiger partial charge in [0.1, 0.15) is 5.82 Å². The average molecular weight is 344 g/mol. The van der Waals surface area contributed by atoms with Gasteiger partial charge in [-0.2, -0.15) is 0 Å². The van der Waals surface area contributed by atoms with Crippen molar-refractivity contribution in [2.24, 2.45) is 0 Å². The van der Waals surface area contributed by atoms with Crippen molar-refractivity contribution in [2.75, 3.05) is 6.54 Å². The highest BCUT2D eigenvalue weighted by Gasteiger charge is 2.11. The molecule has 124 valence electrons. The molecule has 0 aliphatic heterocycles. The number of benzene rings is 2. The van der Waals surface area contributed by atoms with E-state index in [0.29, 0.717) is 18.5 Å². The van der Waals surface area contributed by atoms with Gasteiger partial charge < -0.3 is 0 Å². The first-order valence-electron chi connectivity index (χ1n) is 7.58. The van der Waals surface area contributed by atoms with Gasteiger partial charge >= 0.3 is 0 Å². The Balaban J connectivity index is 1.63. The van der Waals surface area contributed by atoms with E-state index in [4.69, 9.17) is 0 Å². The predicted octanol–water partition coefficient (Wildman–Crippen LogP) is 3.04. The molecular formula is C18H17FN2O2S. The quantitative estimate of drug-likeness (QED) is 0.748. The summed E-state index contributed by atoms with van der Waals surface area (Å²) in [6.07, 6.45) is 2.28. The van der Waals surface area contributed by atoms with Crippen molar-refractivity contribution < 1.29 is 12.8 Å². The molecule has 0 saturated carbocycles. The zero-order valence-electron chi connectivity index (χ0n) is 12.9. The summed E-state index contributed by atoms with van der Waals surface area (Å²) in [5.74, 6) is -0.547. The van der Waals surface area contributed by atoms with Gasteiger partial charge in [-0.1, -0.05) is 36.4 Å². The summed E-state index contributed by atoms with van der Waals surface area (Å²) in [5.41, 5.74) is 2.44. The Morgan fingerprint density at radius 2 is 1.75 bits per heavy atom. The lowest BCUT2D eigenvalue weighted by Crippen LogP contribution is -2.27. The molecule has 4 nitrogen and oxygen atoms in total. The maximum Gasteiger partial charge on any atom is 0.215 e. The molecule has 6 heteroatoms. The van der Waals surface area contributed by atoms with Crippen LogP contribution in [0.4, 0.5) is 4.39 Å². The highest BCUT2D eigenvalue weighted by atomic mass is 32.2. The fourth-order valence-electron chi connectivity index (χ4n) is 2.56. The first-order chi connectivity index (χ1) is 11.5. The van der Waals surface area contributed by atoms with E-state index in [9.17, 15) is 12.8 Å². The lowest BCUT2D eigenvalue weighted by Gasteiger charge is -2.08. The summed E-state index contributed by atoms with van der Waals surface area (Å²) in [6, 6.07) is 15.2. The number of rotatable bonds is 6. The third-order valence-electron chi connectivity index (χ3n) is 3.70. The smallest absolute Gasteiger partial charge is 0.215 e. The van der Waals surface area contributed by atoms with Crippen molar-refractivity contribution in [2.45, 2.75) is 12.2 Å². The normalized spacial score (nSPS) is 11.7. The van der Waals surface area contributed by atoms with E-state index in [1.54, 1.807) is 6.20 Å². The second-order valence-electron chi connectivity index (χ2n) is 5.52. The highest BCUT2D eigenvalue weighted by molar-refractivity contribution is 7.88. The van der Waals surface area contributed by atoms with Crippen LogP contribution in [0.1, 0.15) is 11.1 Å². The van der Waals surface area contributed by atoms with Crippen molar-refractivity contribution in [1.29, 1.82) is 0 Å². The summed E-state index contributed by atoms with van der Waals surface area (Å²) in [6.45, 7) is 0.291. The van der Waals surface area contributed by atoms with Gasteiger partial charge in [0.2, 0.25) is 10.0 Å². The number of para-hydroxylation sites is 1. The minimum atomic E-state index is -3.46. The summed E-state index contributed by atoms with van der Waals surface area (Å²) in [5, 5.41) is 1.03. The van der Waals surface area contributed by atoms with Crippen LogP contribution in [-0.2, 0) is 22.2 Å². The van der Waals surface area contributed by atoms with Gasteiger partial charge in [-0.15, -0.1) is 0 Å². The predicted molar refractivity (Wildman–Crippen MR) is 92.5 cm³/mol. The van der Waals surface area contributed by atoms with E-state index in [2.05, 4.69) is 9.71 Å². The number of nitrogens with zero attached hydrogens (tertiary/aromatic N) is 1. The lowest BCUT2D eigenvalue weighted by molar-refractivity contribution is 0.580.